The van der Waals surface area contributed by atoms with Gasteiger partial charge in [0.2, 0.25) is 0 Å². The van der Waals surface area contributed by atoms with Crippen molar-refractivity contribution >= 4 is 35.3 Å². The number of halogens is 2. The van der Waals surface area contributed by atoms with E-state index in [1.807, 2.05) is 32.0 Å². The fourth-order valence-electron chi connectivity index (χ4n) is 2.05. The molecule has 1 amide bonds. The third-order valence-electron chi connectivity index (χ3n) is 3.21. The lowest BCUT2D eigenvalue weighted by Crippen LogP contribution is -2.25. The van der Waals surface area contributed by atoms with E-state index in [2.05, 4.69) is 10.5 Å². The van der Waals surface area contributed by atoms with Gasteiger partial charge in [-0.15, -0.1) is 0 Å². The van der Waals surface area contributed by atoms with Crippen LogP contribution in [0, 0.1) is 13.8 Å². The van der Waals surface area contributed by atoms with E-state index in [0.717, 1.165) is 11.1 Å². The maximum absolute atomic E-state index is 11.8. The number of carbonyl (C=O) groups excluding carboxylic acids is 1. The monoisotopic (exact) mass is 366 g/mol. The standard InChI is InChI=1S/C17H16Cl2N2O3/c1-10-4-3-5-11(2)17(10)24-9-15(22)21-20-8-12-6-13(18)7-14(19)16(12)23/h3-8,23H,9H2,1-2H3,(H,21,22)/b20-8-. The van der Waals surface area contributed by atoms with Crippen molar-refractivity contribution in [1.82, 2.24) is 5.43 Å². The maximum atomic E-state index is 11.8. The molecule has 0 saturated heterocycles. The van der Waals surface area contributed by atoms with Crippen LogP contribution in [0.5, 0.6) is 11.5 Å². The molecular weight excluding hydrogens is 351 g/mol. The van der Waals surface area contributed by atoms with Crippen molar-refractivity contribution in [2.75, 3.05) is 6.61 Å². The Morgan fingerprint density at radius 2 is 1.96 bits per heavy atom. The Morgan fingerprint density at radius 1 is 1.29 bits per heavy atom. The molecule has 2 N–H and O–H groups in total. The minimum absolute atomic E-state index is 0.105. The van der Waals surface area contributed by atoms with Gasteiger partial charge in [-0.3, -0.25) is 4.79 Å². The average Bonchev–Trinajstić information content (AvgIpc) is 2.51. The first-order chi connectivity index (χ1) is 11.4. The van der Waals surface area contributed by atoms with Gasteiger partial charge in [-0.25, -0.2) is 5.43 Å². The van der Waals surface area contributed by atoms with E-state index >= 15 is 0 Å². The number of amides is 1. The lowest BCUT2D eigenvalue weighted by atomic mass is 10.1. The molecule has 0 bridgehead atoms. The summed E-state index contributed by atoms with van der Waals surface area (Å²) in [6.07, 6.45) is 1.25. The van der Waals surface area contributed by atoms with Gasteiger partial charge in [0.1, 0.15) is 11.5 Å². The molecule has 0 heterocycles. The van der Waals surface area contributed by atoms with Crippen molar-refractivity contribution in [2.24, 2.45) is 5.10 Å². The van der Waals surface area contributed by atoms with Crippen LogP contribution in [0.25, 0.3) is 0 Å². The zero-order valence-electron chi connectivity index (χ0n) is 13.1. The van der Waals surface area contributed by atoms with E-state index in [1.54, 1.807) is 0 Å². The fourth-order valence-corrected chi connectivity index (χ4v) is 2.56. The van der Waals surface area contributed by atoms with Crippen molar-refractivity contribution in [3.63, 3.8) is 0 Å². The maximum Gasteiger partial charge on any atom is 0.277 e. The molecular formula is C17H16Cl2N2O3. The van der Waals surface area contributed by atoms with Crippen LogP contribution in [0.15, 0.2) is 35.4 Å². The first-order valence-electron chi connectivity index (χ1n) is 7.07. The largest absolute Gasteiger partial charge is 0.506 e. The summed E-state index contributed by atoms with van der Waals surface area (Å²) in [7, 11) is 0. The number of hydrazone groups is 1. The summed E-state index contributed by atoms with van der Waals surface area (Å²) < 4.78 is 5.52. The zero-order valence-corrected chi connectivity index (χ0v) is 14.6. The van der Waals surface area contributed by atoms with Gasteiger partial charge in [-0.1, -0.05) is 41.4 Å². The van der Waals surface area contributed by atoms with E-state index in [-0.39, 0.29) is 17.4 Å². The van der Waals surface area contributed by atoms with E-state index in [1.165, 1.54) is 18.3 Å². The summed E-state index contributed by atoms with van der Waals surface area (Å²) in [5, 5.41) is 14.0. The van der Waals surface area contributed by atoms with Gasteiger partial charge in [-0.2, -0.15) is 5.10 Å². The van der Waals surface area contributed by atoms with Gasteiger partial charge in [0.15, 0.2) is 6.61 Å². The van der Waals surface area contributed by atoms with Crippen LogP contribution in [-0.2, 0) is 4.79 Å². The number of ether oxygens (including phenoxy) is 1. The first-order valence-corrected chi connectivity index (χ1v) is 7.83. The average molecular weight is 367 g/mol. The highest BCUT2D eigenvalue weighted by Crippen LogP contribution is 2.29. The molecule has 2 rings (SSSR count). The van der Waals surface area contributed by atoms with Crippen LogP contribution < -0.4 is 10.2 Å². The summed E-state index contributed by atoms with van der Waals surface area (Å²) in [4.78, 5) is 11.8. The van der Waals surface area contributed by atoms with Crippen LogP contribution in [0.2, 0.25) is 10.0 Å². The molecule has 0 unspecified atom stereocenters. The molecule has 126 valence electrons. The number of para-hydroxylation sites is 1. The van der Waals surface area contributed by atoms with Crippen LogP contribution in [0.3, 0.4) is 0 Å². The Bertz CT molecular complexity index is 771. The van der Waals surface area contributed by atoms with Crippen LogP contribution in [-0.4, -0.2) is 23.8 Å². The molecule has 2 aromatic carbocycles. The third kappa shape index (κ3) is 4.63. The van der Waals surface area contributed by atoms with E-state index in [9.17, 15) is 9.90 Å². The number of nitrogens with zero attached hydrogens (tertiary/aromatic N) is 1. The predicted octanol–water partition coefficient (Wildman–Crippen LogP) is 3.84. The lowest BCUT2D eigenvalue weighted by Gasteiger charge is -2.10. The lowest BCUT2D eigenvalue weighted by molar-refractivity contribution is -0.123. The number of aromatic hydroxyl groups is 1. The van der Waals surface area contributed by atoms with E-state index < -0.39 is 5.91 Å². The highest BCUT2D eigenvalue weighted by atomic mass is 35.5. The highest BCUT2D eigenvalue weighted by Gasteiger charge is 2.08. The summed E-state index contributed by atoms with van der Waals surface area (Å²) >= 11 is 11.7. The first kappa shape index (κ1) is 18.1. The second-order valence-corrected chi connectivity index (χ2v) is 5.97. The van der Waals surface area contributed by atoms with Crippen LogP contribution >= 0.6 is 23.2 Å². The van der Waals surface area contributed by atoms with Crippen molar-refractivity contribution in [2.45, 2.75) is 13.8 Å². The molecule has 0 radical (unpaired) electrons. The number of phenolic OH excluding ortho intramolecular Hbond substituents is 1. The van der Waals surface area contributed by atoms with E-state index in [4.69, 9.17) is 27.9 Å². The molecule has 0 aliphatic rings. The Kier molecular flexibility index (Phi) is 6.06. The van der Waals surface area contributed by atoms with Gasteiger partial charge in [-0.05, 0) is 37.1 Å². The normalized spacial score (nSPS) is 10.8. The van der Waals surface area contributed by atoms with E-state index in [0.29, 0.717) is 16.3 Å². The molecule has 2 aromatic rings. The summed E-state index contributed by atoms with van der Waals surface area (Å²) in [5.41, 5.74) is 4.51. The van der Waals surface area contributed by atoms with Crippen molar-refractivity contribution < 1.29 is 14.6 Å². The third-order valence-corrected chi connectivity index (χ3v) is 3.71. The predicted molar refractivity (Wildman–Crippen MR) is 95.3 cm³/mol. The minimum Gasteiger partial charge on any atom is -0.506 e. The Morgan fingerprint density at radius 3 is 2.62 bits per heavy atom. The van der Waals surface area contributed by atoms with Gasteiger partial charge >= 0.3 is 0 Å². The number of rotatable bonds is 5. The fraction of sp³-hybridized carbons (Fsp3) is 0.176. The minimum atomic E-state index is -0.429. The summed E-state index contributed by atoms with van der Waals surface area (Å²) in [6, 6.07) is 8.62. The molecule has 0 saturated carbocycles. The van der Waals surface area contributed by atoms with Crippen LogP contribution in [0.1, 0.15) is 16.7 Å². The number of nitrogens with one attached hydrogen (secondary N) is 1. The van der Waals surface area contributed by atoms with Crippen molar-refractivity contribution in [1.29, 1.82) is 0 Å². The molecule has 0 atom stereocenters. The molecule has 7 heteroatoms. The van der Waals surface area contributed by atoms with Gasteiger partial charge < -0.3 is 9.84 Å². The molecule has 0 aliphatic carbocycles. The smallest absolute Gasteiger partial charge is 0.277 e. The number of phenols is 1. The summed E-state index contributed by atoms with van der Waals surface area (Å²) in [5.74, 6) is 0.0864. The zero-order chi connectivity index (χ0) is 17.7. The van der Waals surface area contributed by atoms with Crippen molar-refractivity contribution in [3.8, 4) is 11.5 Å². The Hall–Kier alpha value is -2.24. The van der Waals surface area contributed by atoms with Gasteiger partial charge in [0, 0.05) is 10.6 Å². The second kappa shape index (κ2) is 8.04. The molecule has 5 nitrogen and oxygen atoms in total. The molecule has 0 spiro atoms. The number of hydrogen-bond donors (Lipinski definition) is 2. The molecule has 0 fully saturated rings. The Balaban J connectivity index is 1.94. The number of carbonyl (C=O) groups is 1. The molecule has 24 heavy (non-hydrogen) atoms. The topological polar surface area (TPSA) is 70.9 Å². The summed E-state index contributed by atoms with van der Waals surface area (Å²) in [6.45, 7) is 3.64. The molecule has 0 aromatic heterocycles. The second-order valence-electron chi connectivity index (χ2n) is 5.13. The van der Waals surface area contributed by atoms with Crippen LogP contribution in [0.4, 0.5) is 0 Å². The SMILES string of the molecule is Cc1cccc(C)c1OCC(=O)N/N=C\c1cc(Cl)cc(Cl)c1O. The van der Waals surface area contributed by atoms with Crippen molar-refractivity contribution in [3.05, 3.63) is 57.1 Å². The van der Waals surface area contributed by atoms with Gasteiger partial charge in [0.05, 0.1) is 11.2 Å². The highest BCUT2D eigenvalue weighted by molar-refractivity contribution is 6.36. The quantitative estimate of drug-likeness (QED) is 0.623. The Labute approximate surface area is 149 Å². The van der Waals surface area contributed by atoms with Gasteiger partial charge in [0.25, 0.3) is 5.91 Å². The number of aryl methyl sites for hydroxylation is 2. The number of benzene rings is 2. The number of hydrogen-bond acceptors (Lipinski definition) is 4. The molecule has 0 aliphatic heterocycles.